The molecule has 2 heterocycles. The predicted octanol–water partition coefficient (Wildman–Crippen LogP) is 3.70. The number of thiazole rings is 1. The first-order valence-corrected chi connectivity index (χ1v) is 6.98. The Morgan fingerprint density at radius 2 is 2.39 bits per heavy atom. The summed E-state index contributed by atoms with van der Waals surface area (Å²) in [6.07, 6.45) is 7.41. The van der Waals surface area contributed by atoms with Gasteiger partial charge in [-0.15, -0.1) is 11.3 Å². The Balaban J connectivity index is 1.82. The van der Waals surface area contributed by atoms with Crippen LogP contribution >= 0.6 is 11.3 Å². The maximum Gasteiger partial charge on any atom is 0.250 e. The third kappa shape index (κ3) is 2.36. The molecule has 0 bridgehead atoms. The van der Waals surface area contributed by atoms with Crippen LogP contribution in [-0.2, 0) is 0 Å². The number of hydrogen-bond donors (Lipinski definition) is 0. The van der Waals surface area contributed by atoms with E-state index >= 15 is 0 Å². The molecule has 1 saturated carbocycles. The summed E-state index contributed by atoms with van der Waals surface area (Å²) in [5, 5.41) is 4.80. The summed E-state index contributed by atoms with van der Waals surface area (Å²) in [7, 11) is 0. The van der Waals surface area contributed by atoms with Crippen LogP contribution in [0, 0.1) is 12.8 Å². The number of hydrogen-bond acceptors (Lipinski definition) is 5. The van der Waals surface area contributed by atoms with Gasteiger partial charge < -0.3 is 4.52 Å². The van der Waals surface area contributed by atoms with Crippen molar-refractivity contribution in [1.29, 1.82) is 0 Å². The van der Waals surface area contributed by atoms with Gasteiger partial charge in [-0.3, -0.25) is 0 Å². The number of nitrogens with zero attached hydrogens (tertiary/aromatic N) is 3. The summed E-state index contributed by atoms with van der Waals surface area (Å²) < 4.78 is 5.25. The summed E-state index contributed by atoms with van der Waals surface area (Å²) in [4.78, 5) is 9.78. The number of aromatic nitrogens is 3. The molecule has 0 spiro atoms. The van der Waals surface area contributed by atoms with Gasteiger partial charge in [-0.25, -0.2) is 4.98 Å². The van der Waals surface area contributed by atoms with Crippen LogP contribution < -0.4 is 0 Å². The first kappa shape index (κ1) is 11.6. The molecule has 1 unspecified atom stereocenters. The fourth-order valence-electron chi connectivity index (χ4n) is 2.23. The molecule has 1 fully saturated rings. The SMILES string of the molecule is Cc1cnc(-c2noc(C=C3CCC(C)C3)n2)s1. The molecule has 94 valence electrons. The molecule has 5 heteroatoms. The average Bonchev–Trinajstić information content (AvgIpc) is 3.01. The molecule has 1 aliphatic rings. The molecule has 1 aliphatic carbocycles. The van der Waals surface area contributed by atoms with Crippen LogP contribution in [0.3, 0.4) is 0 Å². The number of allylic oxidation sites excluding steroid dienone is 1. The van der Waals surface area contributed by atoms with E-state index in [-0.39, 0.29) is 0 Å². The van der Waals surface area contributed by atoms with Crippen molar-refractivity contribution in [1.82, 2.24) is 15.1 Å². The van der Waals surface area contributed by atoms with Crippen LogP contribution in [-0.4, -0.2) is 15.1 Å². The summed E-state index contributed by atoms with van der Waals surface area (Å²) >= 11 is 1.58. The second-order valence-electron chi connectivity index (χ2n) is 4.88. The van der Waals surface area contributed by atoms with Gasteiger partial charge in [0, 0.05) is 17.2 Å². The third-order valence-electron chi connectivity index (χ3n) is 3.15. The highest BCUT2D eigenvalue weighted by atomic mass is 32.1. The Kier molecular flexibility index (Phi) is 2.99. The topological polar surface area (TPSA) is 51.8 Å². The minimum absolute atomic E-state index is 0.589. The zero-order valence-corrected chi connectivity index (χ0v) is 11.3. The van der Waals surface area contributed by atoms with Crippen LogP contribution in [0.15, 0.2) is 16.3 Å². The smallest absolute Gasteiger partial charge is 0.250 e. The molecule has 0 amide bonds. The standard InChI is InChI=1S/C13H15N3OS/c1-8-3-4-10(5-8)6-11-15-12(16-17-11)13-14-7-9(2)18-13/h6-8H,3-5H2,1-2H3. The molecule has 18 heavy (non-hydrogen) atoms. The van der Waals surface area contributed by atoms with Crippen molar-refractivity contribution >= 4 is 17.4 Å². The van der Waals surface area contributed by atoms with Gasteiger partial charge in [-0.1, -0.05) is 17.7 Å². The lowest BCUT2D eigenvalue weighted by molar-refractivity contribution is 0.410. The lowest BCUT2D eigenvalue weighted by atomic mass is 10.1. The minimum atomic E-state index is 0.589. The van der Waals surface area contributed by atoms with Gasteiger partial charge in [0.25, 0.3) is 5.89 Å². The van der Waals surface area contributed by atoms with Crippen molar-refractivity contribution in [3.8, 4) is 10.8 Å². The van der Waals surface area contributed by atoms with E-state index in [0.717, 1.165) is 28.6 Å². The fourth-order valence-corrected chi connectivity index (χ4v) is 2.92. The third-order valence-corrected chi connectivity index (χ3v) is 4.06. The van der Waals surface area contributed by atoms with E-state index in [1.807, 2.05) is 19.2 Å². The van der Waals surface area contributed by atoms with Crippen LogP contribution in [0.25, 0.3) is 16.9 Å². The molecule has 0 aliphatic heterocycles. The largest absolute Gasteiger partial charge is 0.334 e. The van der Waals surface area contributed by atoms with E-state index < -0.39 is 0 Å². The maximum atomic E-state index is 5.25. The van der Waals surface area contributed by atoms with Gasteiger partial charge in [0.2, 0.25) is 5.82 Å². The van der Waals surface area contributed by atoms with E-state index in [1.54, 1.807) is 11.3 Å². The molecule has 1 atom stereocenters. The normalized spacial score (nSPS) is 21.9. The second-order valence-corrected chi connectivity index (χ2v) is 6.12. The highest BCUT2D eigenvalue weighted by molar-refractivity contribution is 7.14. The first-order valence-electron chi connectivity index (χ1n) is 6.16. The minimum Gasteiger partial charge on any atom is -0.334 e. The summed E-state index contributed by atoms with van der Waals surface area (Å²) in [5.74, 6) is 1.97. The van der Waals surface area contributed by atoms with Crippen molar-refractivity contribution in [3.05, 3.63) is 22.5 Å². The summed E-state index contributed by atoms with van der Waals surface area (Å²) in [5.41, 5.74) is 1.41. The lowest BCUT2D eigenvalue weighted by Crippen LogP contribution is -1.81. The van der Waals surface area contributed by atoms with Gasteiger partial charge in [-0.05, 0) is 32.1 Å². The van der Waals surface area contributed by atoms with E-state index in [0.29, 0.717) is 11.7 Å². The van der Waals surface area contributed by atoms with Crippen molar-refractivity contribution in [3.63, 3.8) is 0 Å². The summed E-state index contributed by atoms with van der Waals surface area (Å²) in [6, 6.07) is 0. The zero-order valence-electron chi connectivity index (χ0n) is 10.5. The van der Waals surface area contributed by atoms with Crippen LogP contribution in [0.4, 0.5) is 0 Å². The fraction of sp³-hybridized carbons (Fsp3) is 0.462. The molecule has 3 rings (SSSR count). The Morgan fingerprint density at radius 1 is 1.50 bits per heavy atom. The lowest BCUT2D eigenvalue weighted by Gasteiger charge is -1.94. The molecule has 2 aromatic heterocycles. The van der Waals surface area contributed by atoms with Crippen LogP contribution in [0.2, 0.25) is 0 Å². The zero-order chi connectivity index (χ0) is 12.5. The molecular formula is C13H15N3OS. The van der Waals surface area contributed by atoms with E-state index in [9.17, 15) is 0 Å². The van der Waals surface area contributed by atoms with Crippen molar-refractivity contribution < 1.29 is 4.52 Å². The van der Waals surface area contributed by atoms with E-state index in [2.05, 4.69) is 22.0 Å². The molecule has 0 radical (unpaired) electrons. The van der Waals surface area contributed by atoms with Crippen LogP contribution in [0.5, 0.6) is 0 Å². The van der Waals surface area contributed by atoms with Gasteiger partial charge in [-0.2, -0.15) is 4.98 Å². The monoisotopic (exact) mass is 261 g/mol. The highest BCUT2D eigenvalue weighted by Crippen LogP contribution is 2.31. The van der Waals surface area contributed by atoms with Crippen molar-refractivity contribution in [2.45, 2.75) is 33.1 Å². The number of aryl methyl sites for hydroxylation is 1. The quantitative estimate of drug-likeness (QED) is 0.827. The van der Waals surface area contributed by atoms with Gasteiger partial charge in [0.05, 0.1) is 0 Å². The molecule has 0 saturated heterocycles. The summed E-state index contributed by atoms with van der Waals surface area (Å²) in [6.45, 7) is 4.29. The first-order chi connectivity index (χ1) is 8.70. The van der Waals surface area contributed by atoms with Gasteiger partial charge in [0.15, 0.2) is 5.01 Å². The highest BCUT2D eigenvalue weighted by Gasteiger charge is 2.16. The van der Waals surface area contributed by atoms with E-state index in [1.165, 1.54) is 12.0 Å². The Bertz CT molecular complexity index is 585. The van der Waals surface area contributed by atoms with Crippen molar-refractivity contribution in [2.24, 2.45) is 5.92 Å². The average molecular weight is 261 g/mol. The molecule has 4 nitrogen and oxygen atoms in total. The maximum absolute atomic E-state index is 5.25. The number of rotatable bonds is 2. The Morgan fingerprint density at radius 3 is 3.06 bits per heavy atom. The van der Waals surface area contributed by atoms with Gasteiger partial charge >= 0.3 is 0 Å². The molecule has 0 aromatic carbocycles. The second kappa shape index (κ2) is 4.65. The molecule has 0 N–H and O–H groups in total. The molecule has 2 aromatic rings. The predicted molar refractivity (Wildman–Crippen MR) is 71.1 cm³/mol. The van der Waals surface area contributed by atoms with Crippen LogP contribution in [0.1, 0.15) is 37.0 Å². The Hall–Kier alpha value is -1.49. The van der Waals surface area contributed by atoms with Gasteiger partial charge in [0.1, 0.15) is 0 Å². The molecular weight excluding hydrogens is 246 g/mol. The van der Waals surface area contributed by atoms with E-state index in [4.69, 9.17) is 4.52 Å². The van der Waals surface area contributed by atoms with Crippen molar-refractivity contribution in [2.75, 3.05) is 0 Å². The Labute approximate surface area is 110 Å².